The van der Waals surface area contributed by atoms with E-state index in [0.29, 0.717) is 37.0 Å². The number of rotatable bonds is 7. The third-order valence-corrected chi connectivity index (χ3v) is 7.73. The number of hydrogen-bond donors (Lipinski definition) is 1. The lowest BCUT2D eigenvalue weighted by atomic mass is 9.94. The molecule has 32 heavy (non-hydrogen) atoms. The molecule has 0 bridgehead atoms. The second kappa shape index (κ2) is 10.1. The quantitative estimate of drug-likeness (QED) is 0.685. The zero-order chi connectivity index (χ0) is 23.5. The third-order valence-electron chi connectivity index (χ3n) is 5.90. The lowest BCUT2D eigenvalue weighted by Gasteiger charge is -2.34. The summed E-state index contributed by atoms with van der Waals surface area (Å²) in [6, 6.07) is 12.2. The summed E-state index contributed by atoms with van der Waals surface area (Å²) in [7, 11) is 0.0998. The van der Waals surface area contributed by atoms with Crippen LogP contribution in [0.15, 0.2) is 53.4 Å². The van der Waals surface area contributed by atoms with E-state index in [1.807, 2.05) is 19.0 Å². The average molecular weight is 462 g/mol. The summed E-state index contributed by atoms with van der Waals surface area (Å²) in [5, 5.41) is 2.88. The van der Waals surface area contributed by atoms with Crippen LogP contribution in [0.5, 0.6) is 0 Å². The summed E-state index contributed by atoms with van der Waals surface area (Å²) in [6.45, 7) is 5.40. The SMILES string of the molecule is CC1CC(C)CN(S(=O)(=O)c2cccc(C(=O)NCC(c3ccc(F)cc3)N(C)C)c2)C1. The van der Waals surface area contributed by atoms with Crippen LogP contribution >= 0.6 is 0 Å². The Balaban J connectivity index is 1.74. The summed E-state index contributed by atoms with van der Waals surface area (Å²) in [6.07, 6.45) is 1.01. The molecule has 0 spiro atoms. The Labute approximate surface area is 190 Å². The average Bonchev–Trinajstić information content (AvgIpc) is 2.74. The van der Waals surface area contributed by atoms with Gasteiger partial charge in [-0.3, -0.25) is 4.79 Å². The van der Waals surface area contributed by atoms with Crippen LogP contribution in [0.3, 0.4) is 0 Å². The zero-order valence-electron chi connectivity index (χ0n) is 19.1. The monoisotopic (exact) mass is 461 g/mol. The Morgan fingerprint density at radius 3 is 2.34 bits per heavy atom. The van der Waals surface area contributed by atoms with Crippen molar-refractivity contribution in [1.82, 2.24) is 14.5 Å². The lowest BCUT2D eigenvalue weighted by molar-refractivity contribution is 0.0941. The molecule has 1 aliphatic heterocycles. The van der Waals surface area contributed by atoms with Gasteiger partial charge in [-0.15, -0.1) is 0 Å². The number of likely N-dealkylation sites (N-methyl/N-ethyl adjacent to an activating group) is 1. The Hall–Kier alpha value is -2.29. The normalized spacial score (nSPS) is 20.8. The standard InChI is InChI=1S/C24H32FN3O3S/c1-17-12-18(2)16-28(15-17)32(30,31)22-7-5-6-20(13-22)24(29)26-14-23(27(3)4)19-8-10-21(25)11-9-19/h5-11,13,17-18,23H,12,14-16H2,1-4H3,(H,26,29). The van der Waals surface area contributed by atoms with Gasteiger partial charge in [0, 0.05) is 25.2 Å². The second-order valence-electron chi connectivity index (χ2n) is 9.04. The van der Waals surface area contributed by atoms with E-state index >= 15 is 0 Å². The van der Waals surface area contributed by atoms with Gasteiger partial charge < -0.3 is 10.2 Å². The molecule has 2 aromatic rings. The maximum Gasteiger partial charge on any atom is 0.251 e. The van der Waals surface area contributed by atoms with Crippen LogP contribution in [0, 0.1) is 17.7 Å². The molecular formula is C24H32FN3O3S. The van der Waals surface area contributed by atoms with Gasteiger partial charge in [-0.2, -0.15) is 4.31 Å². The van der Waals surface area contributed by atoms with E-state index in [9.17, 15) is 17.6 Å². The molecule has 1 saturated heterocycles. The summed E-state index contributed by atoms with van der Waals surface area (Å²) in [5.74, 6) is -0.0638. The van der Waals surface area contributed by atoms with Crippen molar-refractivity contribution >= 4 is 15.9 Å². The first-order chi connectivity index (χ1) is 15.1. The highest BCUT2D eigenvalue weighted by molar-refractivity contribution is 7.89. The molecule has 1 N–H and O–H groups in total. The van der Waals surface area contributed by atoms with Crippen LogP contribution in [0.25, 0.3) is 0 Å². The number of carbonyl (C=O) groups is 1. The first-order valence-corrected chi connectivity index (χ1v) is 12.3. The molecule has 6 nitrogen and oxygen atoms in total. The fraction of sp³-hybridized carbons (Fsp3) is 0.458. The fourth-order valence-corrected chi connectivity index (χ4v) is 6.05. The summed E-state index contributed by atoms with van der Waals surface area (Å²) in [5.41, 5.74) is 1.17. The van der Waals surface area contributed by atoms with Crippen molar-refractivity contribution in [1.29, 1.82) is 0 Å². The molecule has 174 valence electrons. The molecule has 0 aliphatic carbocycles. The molecule has 0 saturated carbocycles. The van der Waals surface area contributed by atoms with E-state index < -0.39 is 10.0 Å². The summed E-state index contributed by atoms with van der Waals surface area (Å²) < 4.78 is 41.1. The van der Waals surface area contributed by atoms with E-state index in [4.69, 9.17) is 0 Å². The van der Waals surface area contributed by atoms with Gasteiger partial charge in [0.05, 0.1) is 10.9 Å². The largest absolute Gasteiger partial charge is 0.350 e. The molecule has 2 aromatic carbocycles. The number of nitrogens with zero attached hydrogens (tertiary/aromatic N) is 2. The van der Waals surface area contributed by atoms with Gasteiger partial charge in [0.1, 0.15) is 5.82 Å². The minimum absolute atomic E-state index is 0.133. The van der Waals surface area contributed by atoms with E-state index in [1.165, 1.54) is 28.6 Å². The van der Waals surface area contributed by atoms with Crippen LogP contribution in [0.1, 0.15) is 42.2 Å². The van der Waals surface area contributed by atoms with Crippen LogP contribution in [-0.2, 0) is 10.0 Å². The summed E-state index contributed by atoms with van der Waals surface area (Å²) in [4.78, 5) is 14.9. The van der Waals surface area contributed by atoms with E-state index in [-0.39, 0.29) is 22.7 Å². The molecule has 0 aromatic heterocycles. The number of benzene rings is 2. The molecule has 1 aliphatic rings. The molecule has 8 heteroatoms. The van der Waals surface area contributed by atoms with Gasteiger partial charge in [-0.05, 0) is 68.2 Å². The molecule has 1 heterocycles. The topological polar surface area (TPSA) is 69.7 Å². The third kappa shape index (κ3) is 5.74. The Morgan fingerprint density at radius 1 is 1.12 bits per heavy atom. The highest BCUT2D eigenvalue weighted by Crippen LogP contribution is 2.27. The number of hydrogen-bond acceptors (Lipinski definition) is 4. The number of sulfonamides is 1. The maximum atomic E-state index is 13.3. The molecule has 3 rings (SSSR count). The van der Waals surface area contributed by atoms with Gasteiger partial charge in [0.2, 0.25) is 10.0 Å². The van der Waals surface area contributed by atoms with Crippen molar-refractivity contribution in [2.75, 3.05) is 33.7 Å². The minimum atomic E-state index is -3.67. The number of amides is 1. The molecule has 0 radical (unpaired) electrons. The highest BCUT2D eigenvalue weighted by atomic mass is 32.2. The zero-order valence-corrected chi connectivity index (χ0v) is 19.9. The summed E-state index contributed by atoms with van der Waals surface area (Å²) >= 11 is 0. The van der Waals surface area contributed by atoms with Crippen molar-refractivity contribution in [3.63, 3.8) is 0 Å². The number of halogens is 1. The Kier molecular flexibility index (Phi) is 7.69. The van der Waals surface area contributed by atoms with E-state index in [0.717, 1.165) is 12.0 Å². The molecule has 1 amide bonds. The van der Waals surface area contributed by atoms with Gasteiger partial charge in [0.15, 0.2) is 0 Å². The van der Waals surface area contributed by atoms with Crippen LogP contribution in [0.4, 0.5) is 4.39 Å². The molecule has 1 fully saturated rings. The van der Waals surface area contributed by atoms with Gasteiger partial charge in [0.25, 0.3) is 5.91 Å². The first-order valence-electron chi connectivity index (χ1n) is 10.9. The molecular weight excluding hydrogens is 429 g/mol. The Morgan fingerprint density at radius 2 is 1.75 bits per heavy atom. The van der Waals surface area contributed by atoms with Crippen molar-refractivity contribution in [2.45, 2.75) is 31.2 Å². The van der Waals surface area contributed by atoms with Crippen molar-refractivity contribution < 1.29 is 17.6 Å². The Bertz CT molecular complexity index is 1030. The lowest BCUT2D eigenvalue weighted by Crippen LogP contribution is -2.42. The van der Waals surface area contributed by atoms with E-state index in [2.05, 4.69) is 19.2 Å². The maximum absolute atomic E-state index is 13.3. The smallest absolute Gasteiger partial charge is 0.251 e. The van der Waals surface area contributed by atoms with Gasteiger partial charge >= 0.3 is 0 Å². The van der Waals surface area contributed by atoms with Gasteiger partial charge in [-0.1, -0.05) is 32.0 Å². The van der Waals surface area contributed by atoms with Crippen molar-refractivity contribution in [3.05, 3.63) is 65.5 Å². The minimum Gasteiger partial charge on any atom is -0.350 e. The molecule has 3 atom stereocenters. The van der Waals surface area contributed by atoms with Crippen LogP contribution in [0.2, 0.25) is 0 Å². The second-order valence-corrected chi connectivity index (χ2v) is 11.0. The number of piperidine rings is 1. The van der Waals surface area contributed by atoms with Crippen molar-refractivity contribution in [2.24, 2.45) is 11.8 Å². The van der Waals surface area contributed by atoms with Crippen LogP contribution < -0.4 is 5.32 Å². The molecule has 3 unspecified atom stereocenters. The van der Waals surface area contributed by atoms with Gasteiger partial charge in [-0.25, -0.2) is 12.8 Å². The predicted molar refractivity (Wildman–Crippen MR) is 123 cm³/mol. The fourth-order valence-electron chi connectivity index (χ4n) is 4.32. The van der Waals surface area contributed by atoms with Crippen LogP contribution in [-0.4, -0.2) is 57.3 Å². The van der Waals surface area contributed by atoms with Crippen molar-refractivity contribution in [3.8, 4) is 0 Å². The number of nitrogens with one attached hydrogen (secondary N) is 1. The number of carbonyl (C=O) groups excluding carboxylic acids is 1. The van der Waals surface area contributed by atoms with E-state index in [1.54, 1.807) is 24.3 Å². The highest BCUT2D eigenvalue weighted by Gasteiger charge is 2.32. The first kappa shape index (κ1) is 24.4. The predicted octanol–water partition coefficient (Wildman–Crippen LogP) is 3.53.